The fraction of sp³-hybridized carbons (Fsp3) is 0. The van der Waals surface area contributed by atoms with Crippen LogP contribution in [0.1, 0.15) is 16.1 Å². The van der Waals surface area contributed by atoms with Gasteiger partial charge in [0.05, 0.1) is 11.3 Å². The van der Waals surface area contributed by atoms with E-state index in [9.17, 15) is 9.18 Å². The minimum absolute atomic E-state index is 0.0904. The number of aromatic nitrogens is 1. The smallest absolute Gasteiger partial charge is 0.335 e. The van der Waals surface area contributed by atoms with Crippen LogP contribution >= 0.6 is 0 Å². The van der Waals surface area contributed by atoms with Gasteiger partial charge in [0.1, 0.15) is 23.4 Å². The van der Waals surface area contributed by atoms with Gasteiger partial charge in [-0.15, -0.1) is 0 Å². The Bertz CT molecular complexity index is 680. The van der Waals surface area contributed by atoms with E-state index in [1.54, 1.807) is 12.1 Å². The van der Waals surface area contributed by atoms with Crippen molar-refractivity contribution in [1.29, 1.82) is 5.26 Å². The molecule has 0 saturated heterocycles. The van der Waals surface area contributed by atoms with E-state index < -0.39 is 11.8 Å². The fourth-order valence-corrected chi connectivity index (χ4v) is 1.45. The maximum Gasteiger partial charge on any atom is 0.335 e. The average molecular weight is 257 g/mol. The van der Waals surface area contributed by atoms with Gasteiger partial charge >= 0.3 is 5.97 Å². The maximum absolute atomic E-state index is 13.7. The first-order valence-electron chi connectivity index (χ1n) is 5.27. The van der Waals surface area contributed by atoms with Gasteiger partial charge in [-0.25, -0.2) is 14.2 Å². The van der Waals surface area contributed by atoms with Crippen molar-refractivity contribution in [3.05, 3.63) is 53.5 Å². The third kappa shape index (κ3) is 2.84. The van der Waals surface area contributed by atoms with Crippen molar-refractivity contribution in [2.45, 2.75) is 0 Å². The monoisotopic (exact) mass is 257 g/mol. The molecule has 0 aliphatic carbocycles. The highest BCUT2D eigenvalue weighted by Crippen LogP contribution is 2.20. The summed E-state index contributed by atoms with van der Waals surface area (Å²) in [6.45, 7) is 0. The molecule has 0 saturated carbocycles. The summed E-state index contributed by atoms with van der Waals surface area (Å²) in [4.78, 5) is 14.6. The summed E-state index contributed by atoms with van der Waals surface area (Å²) in [5.74, 6) is -1.60. The lowest BCUT2D eigenvalue weighted by Gasteiger charge is -2.07. The zero-order chi connectivity index (χ0) is 13.8. The molecule has 0 spiro atoms. The van der Waals surface area contributed by atoms with Crippen molar-refractivity contribution in [2.24, 2.45) is 0 Å². The highest BCUT2D eigenvalue weighted by Gasteiger charge is 2.09. The number of aromatic carboxylic acids is 1. The normalized spacial score (nSPS) is 9.68. The molecule has 6 heteroatoms. The molecule has 2 N–H and O–H groups in total. The molecule has 1 heterocycles. The number of carboxylic acids is 1. The summed E-state index contributed by atoms with van der Waals surface area (Å²) in [5, 5.41) is 20.1. The van der Waals surface area contributed by atoms with Gasteiger partial charge in [0, 0.05) is 0 Å². The SMILES string of the molecule is N#Cc1cccc(Nc2ccc(C(=O)O)cc2F)n1. The molecule has 1 aromatic carbocycles. The minimum atomic E-state index is -1.20. The van der Waals surface area contributed by atoms with Crippen LogP contribution < -0.4 is 5.32 Å². The molecule has 0 fully saturated rings. The van der Waals surface area contributed by atoms with Crippen LogP contribution in [0, 0.1) is 17.1 Å². The van der Waals surface area contributed by atoms with E-state index in [0.717, 1.165) is 6.07 Å². The molecular formula is C13H8FN3O2. The number of anilines is 2. The minimum Gasteiger partial charge on any atom is -0.478 e. The fourth-order valence-electron chi connectivity index (χ4n) is 1.45. The van der Waals surface area contributed by atoms with Gasteiger partial charge in [-0.05, 0) is 30.3 Å². The Hall–Kier alpha value is -2.94. The van der Waals surface area contributed by atoms with Crippen molar-refractivity contribution in [3.63, 3.8) is 0 Å². The van der Waals surface area contributed by atoms with Gasteiger partial charge in [0.2, 0.25) is 0 Å². The second kappa shape index (κ2) is 5.14. The molecule has 2 aromatic rings. The summed E-state index contributed by atoms with van der Waals surface area (Å²) in [6, 6.07) is 10.1. The summed E-state index contributed by atoms with van der Waals surface area (Å²) < 4.78 is 13.7. The lowest BCUT2D eigenvalue weighted by Crippen LogP contribution is -2.01. The van der Waals surface area contributed by atoms with Crippen LogP contribution in [0.4, 0.5) is 15.9 Å². The Morgan fingerprint density at radius 3 is 2.79 bits per heavy atom. The van der Waals surface area contributed by atoms with Gasteiger partial charge in [-0.1, -0.05) is 6.07 Å². The number of hydrogen-bond donors (Lipinski definition) is 2. The molecule has 0 amide bonds. The summed E-state index contributed by atoms with van der Waals surface area (Å²) in [7, 11) is 0. The predicted molar refractivity (Wildman–Crippen MR) is 65.6 cm³/mol. The number of hydrogen-bond acceptors (Lipinski definition) is 4. The zero-order valence-electron chi connectivity index (χ0n) is 9.59. The van der Waals surface area contributed by atoms with Gasteiger partial charge in [0.15, 0.2) is 0 Å². The van der Waals surface area contributed by atoms with E-state index >= 15 is 0 Å². The average Bonchev–Trinajstić information content (AvgIpc) is 2.41. The van der Waals surface area contributed by atoms with Gasteiger partial charge < -0.3 is 10.4 Å². The van der Waals surface area contributed by atoms with Crippen LogP contribution in [0.5, 0.6) is 0 Å². The Balaban J connectivity index is 2.28. The van der Waals surface area contributed by atoms with E-state index in [2.05, 4.69) is 10.3 Å². The molecular weight excluding hydrogens is 249 g/mol. The van der Waals surface area contributed by atoms with Gasteiger partial charge in [0.25, 0.3) is 0 Å². The molecule has 19 heavy (non-hydrogen) atoms. The molecule has 0 bridgehead atoms. The number of pyridine rings is 1. The van der Waals surface area contributed by atoms with Crippen molar-refractivity contribution in [3.8, 4) is 6.07 Å². The van der Waals surface area contributed by atoms with Crippen LogP contribution in [0.15, 0.2) is 36.4 Å². The number of halogens is 1. The van der Waals surface area contributed by atoms with E-state index in [1.807, 2.05) is 6.07 Å². The Morgan fingerprint density at radius 1 is 1.37 bits per heavy atom. The molecule has 0 radical (unpaired) electrons. The molecule has 94 valence electrons. The molecule has 5 nitrogen and oxygen atoms in total. The van der Waals surface area contributed by atoms with Crippen LogP contribution in [0.2, 0.25) is 0 Å². The second-order valence-corrected chi connectivity index (χ2v) is 3.64. The number of carboxylic acid groups (broad SMARTS) is 1. The van der Waals surface area contributed by atoms with Crippen molar-refractivity contribution in [1.82, 2.24) is 4.98 Å². The van der Waals surface area contributed by atoms with E-state index in [-0.39, 0.29) is 16.9 Å². The summed E-state index contributed by atoms with van der Waals surface area (Å²) in [6.07, 6.45) is 0. The topological polar surface area (TPSA) is 86.0 Å². The number of benzene rings is 1. The molecule has 0 unspecified atom stereocenters. The Kier molecular flexibility index (Phi) is 3.39. The maximum atomic E-state index is 13.7. The number of nitrogens with zero attached hydrogens (tertiary/aromatic N) is 2. The van der Waals surface area contributed by atoms with Crippen LogP contribution in [0.3, 0.4) is 0 Å². The van der Waals surface area contributed by atoms with Crippen LogP contribution in [-0.2, 0) is 0 Å². The quantitative estimate of drug-likeness (QED) is 0.882. The third-order valence-electron chi connectivity index (χ3n) is 2.34. The standard InChI is InChI=1S/C13H8FN3O2/c14-10-6-8(13(18)19)4-5-11(10)17-12-3-1-2-9(7-15)16-12/h1-6H,(H,16,17)(H,18,19). The molecule has 0 aliphatic rings. The molecule has 1 aromatic heterocycles. The van der Waals surface area contributed by atoms with Crippen molar-refractivity contribution < 1.29 is 14.3 Å². The second-order valence-electron chi connectivity index (χ2n) is 3.64. The first-order chi connectivity index (χ1) is 9.10. The van der Waals surface area contributed by atoms with Crippen molar-refractivity contribution in [2.75, 3.05) is 5.32 Å². The first kappa shape index (κ1) is 12.5. The predicted octanol–water partition coefficient (Wildman–Crippen LogP) is 2.53. The lowest BCUT2D eigenvalue weighted by atomic mass is 10.2. The largest absolute Gasteiger partial charge is 0.478 e. The summed E-state index contributed by atoms with van der Waals surface area (Å²) in [5.41, 5.74) is 0.155. The van der Waals surface area contributed by atoms with Crippen molar-refractivity contribution >= 4 is 17.5 Å². The number of rotatable bonds is 3. The molecule has 0 aliphatic heterocycles. The third-order valence-corrected chi connectivity index (χ3v) is 2.34. The van der Waals surface area contributed by atoms with Gasteiger partial charge in [-0.3, -0.25) is 0 Å². The number of nitrogens with one attached hydrogen (secondary N) is 1. The Labute approximate surface area is 108 Å². The summed E-state index contributed by atoms with van der Waals surface area (Å²) >= 11 is 0. The number of nitriles is 1. The number of carbonyl (C=O) groups is 1. The van der Waals surface area contributed by atoms with E-state index in [0.29, 0.717) is 5.82 Å². The highest BCUT2D eigenvalue weighted by molar-refractivity contribution is 5.88. The van der Waals surface area contributed by atoms with Crippen LogP contribution in [0.25, 0.3) is 0 Å². The van der Waals surface area contributed by atoms with Crippen LogP contribution in [-0.4, -0.2) is 16.1 Å². The Morgan fingerprint density at radius 2 is 2.16 bits per heavy atom. The molecule has 0 atom stereocenters. The molecule has 2 rings (SSSR count). The lowest BCUT2D eigenvalue weighted by molar-refractivity contribution is 0.0696. The van der Waals surface area contributed by atoms with E-state index in [1.165, 1.54) is 18.2 Å². The highest BCUT2D eigenvalue weighted by atomic mass is 19.1. The van der Waals surface area contributed by atoms with Gasteiger partial charge in [-0.2, -0.15) is 5.26 Å². The first-order valence-corrected chi connectivity index (χ1v) is 5.27. The van der Waals surface area contributed by atoms with E-state index in [4.69, 9.17) is 10.4 Å². The zero-order valence-corrected chi connectivity index (χ0v) is 9.59.